The summed E-state index contributed by atoms with van der Waals surface area (Å²) in [6, 6.07) is 7.32. The van der Waals surface area contributed by atoms with Crippen molar-refractivity contribution in [2.24, 2.45) is 0 Å². The van der Waals surface area contributed by atoms with E-state index in [1.807, 2.05) is 24.3 Å². The smallest absolute Gasteiger partial charge is 0.260 e. The Balaban J connectivity index is 2.32. The Hall–Kier alpha value is -2.10. The van der Waals surface area contributed by atoms with Crippen molar-refractivity contribution in [1.82, 2.24) is 4.98 Å². The van der Waals surface area contributed by atoms with Crippen LogP contribution in [0.2, 0.25) is 0 Å². The standard InChI is InChI=1S/C11H9NO3/c1-14-9-4-2-8(3-5-9)10-6-12-11(7-13)15-10/h2-7H,1H3. The molecule has 0 aliphatic rings. The van der Waals surface area contributed by atoms with E-state index in [2.05, 4.69) is 4.98 Å². The first-order valence-corrected chi connectivity index (χ1v) is 4.39. The Bertz CT molecular complexity index is 459. The second-order valence-electron chi connectivity index (χ2n) is 2.91. The summed E-state index contributed by atoms with van der Waals surface area (Å²) in [6.07, 6.45) is 2.10. The maximum atomic E-state index is 10.4. The van der Waals surface area contributed by atoms with Crippen LogP contribution in [0.5, 0.6) is 5.75 Å². The first-order valence-electron chi connectivity index (χ1n) is 4.39. The normalized spacial score (nSPS) is 9.93. The van der Waals surface area contributed by atoms with Gasteiger partial charge in [-0.2, -0.15) is 0 Å². The molecule has 0 bridgehead atoms. The third kappa shape index (κ3) is 1.88. The summed E-state index contributed by atoms with van der Waals surface area (Å²) in [5.41, 5.74) is 0.858. The van der Waals surface area contributed by atoms with Crippen LogP contribution in [0.1, 0.15) is 10.7 Å². The molecule has 0 amide bonds. The highest BCUT2D eigenvalue weighted by Gasteiger charge is 2.04. The summed E-state index contributed by atoms with van der Waals surface area (Å²) in [7, 11) is 1.61. The van der Waals surface area contributed by atoms with Crippen molar-refractivity contribution in [1.29, 1.82) is 0 Å². The zero-order valence-corrected chi connectivity index (χ0v) is 8.14. The molecular formula is C11H9NO3. The molecule has 0 saturated heterocycles. The average molecular weight is 203 g/mol. The predicted octanol–water partition coefficient (Wildman–Crippen LogP) is 2.16. The summed E-state index contributed by atoms with van der Waals surface area (Å²) in [5.74, 6) is 1.43. The van der Waals surface area contributed by atoms with E-state index < -0.39 is 0 Å². The van der Waals surface area contributed by atoms with Crippen molar-refractivity contribution in [2.75, 3.05) is 7.11 Å². The fraction of sp³-hybridized carbons (Fsp3) is 0.0909. The van der Waals surface area contributed by atoms with Gasteiger partial charge in [-0.05, 0) is 24.3 Å². The van der Waals surface area contributed by atoms with Gasteiger partial charge in [0.1, 0.15) is 5.75 Å². The molecule has 1 heterocycles. The molecule has 15 heavy (non-hydrogen) atoms. The van der Waals surface area contributed by atoms with Gasteiger partial charge in [0.15, 0.2) is 5.76 Å². The second kappa shape index (κ2) is 3.96. The summed E-state index contributed by atoms with van der Waals surface area (Å²) in [5, 5.41) is 0. The van der Waals surface area contributed by atoms with Crippen LogP contribution in [-0.4, -0.2) is 18.4 Å². The molecule has 0 atom stereocenters. The lowest BCUT2D eigenvalue weighted by Gasteiger charge is -1.99. The fourth-order valence-corrected chi connectivity index (χ4v) is 1.23. The van der Waals surface area contributed by atoms with E-state index in [0.717, 1.165) is 11.3 Å². The summed E-state index contributed by atoms with van der Waals surface area (Å²) in [6.45, 7) is 0. The van der Waals surface area contributed by atoms with E-state index in [1.54, 1.807) is 7.11 Å². The average Bonchev–Trinajstić information content (AvgIpc) is 2.78. The molecule has 0 spiro atoms. The Morgan fingerprint density at radius 3 is 2.60 bits per heavy atom. The molecule has 1 aromatic heterocycles. The van der Waals surface area contributed by atoms with Gasteiger partial charge in [0, 0.05) is 5.56 Å². The van der Waals surface area contributed by atoms with Crippen LogP contribution in [0.3, 0.4) is 0 Å². The van der Waals surface area contributed by atoms with Gasteiger partial charge in [-0.3, -0.25) is 4.79 Å². The third-order valence-corrected chi connectivity index (χ3v) is 2.00. The van der Waals surface area contributed by atoms with E-state index in [1.165, 1.54) is 6.20 Å². The van der Waals surface area contributed by atoms with Crippen LogP contribution in [0.4, 0.5) is 0 Å². The van der Waals surface area contributed by atoms with Gasteiger partial charge in [0.2, 0.25) is 6.29 Å². The minimum Gasteiger partial charge on any atom is -0.497 e. The number of hydrogen-bond acceptors (Lipinski definition) is 4. The quantitative estimate of drug-likeness (QED) is 0.717. The third-order valence-electron chi connectivity index (χ3n) is 2.00. The van der Waals surface area contributed by atoms with Crippen molar-refractivity contribution in [3.8, 4) is 17.1 Å². The summed E-state index contributed by atoms with van der Waals surface area (Å²) in [4.78, 5) is 14.2. The van der Waals surface area contributed by atoms with Crippen LogP contribution in [0.25, 0.3) is 11.3 Å². The first-order chi connectivity index (χ1) is 7.33. The van der Waals surface area contributed by atoms with Crippen LogP contribution in [0.15, 0.2) is 34.9 Å². The molecule has 0 fully saturated rings. The maximum Gasteiger partial charge on any atom is 0.260 e. The molecule has 1 aromatic carbocycles. The number of oxazole rings is 1. The van der Waals surface area contributed by atoms with Gasteiger partial charge in [-0.15, -0.1) is 0 Å². The molecule has 0 aliphatic carbocycles. The topological polar surface area (TPSA) is 52.3 Å². The molecule has 0 radical (unpaired) electrons. The van der Waals surface area contributed by atoms with Crippen LogP contribution in [0, 0.1) is 0 Å². The minimum atomic E-state index is 0.0841. The molecule has 2 aromatic rings. The van der Waals surface area contributed by atoms with E-state index in [4.69, 9.17) is 9.15 Å². The molecule has 0 saturated carbocycles. The van der Waals surface area contributed by atoms with Gasteiger partial charge >= 0.3 is 0 Å². The highest BCUT2D eigenvalue weighted by molar-refractivity contribution is 5.69. The van der Waals surface area contributed by atoms with Crippen molar-refractivity contribution >= 4 is 6.29 Å². The van der Waals surface area contributed by atoms with Crippen molar-refractivity contribution in [2.45, 2.75) is 0 Å². The van der Waals surface area contributed by atoms with Crippen molar-refractivity contribution < 1.29 is 13.9 Å². The molecule has 76 valence electrons. The highest BCUT2D eigenvalue weighted by Crippen LogP contribution is 2.22. The number of aromatic nitrogens is 1. The monoisotopic (exact) mass is 203 g/mol. The summed E-state index contributed by atoms with van der Waals surface area (Å²) < 4.78 is 10.2. The van der Waals surface area contributed by atoms with Gasteiger partial charge < -0.3 is 9.15 Å². The van der Waals surface area contributed by atoms with Crippen LogP contribution >= 0.6 is 0 Å². The van der Waals surface area contributed by atoms with E-state index in [9.17, 15) is 4.79 Å². The Morgan fingerprint density at radius 1 is 1.33 bits per heavy atom. The van der Waals surface area contributed by atoms with Crippen LogP contribution in [-0.2, 0) is 0 Å². The first kappa shape index (κ1) is 9.45. The Kier molecular flexibility index (Phi) is 2.49. The number of aldehydes is 1. The second-order valence-corrected chi connectivity index (χ2v) is 2.91. The fourth-order valence-electron chi connectivity index (χ4n) is 1.23. The van der Waals surface area contributed by atoms with E-state index in [-0.39, 0.29) is 5.89 Å². The zero-order valence-electron chi connectivity index (χ0n) is 8.14. The minimum absolute atomic E-state index is 0.0841. The van der Waals surface area contributed by atoms with Crippen LogP contribution < -0.4 is 4.74 Å². The zero-order chi connectivity index (χ0) is 10.7. The van der Waals surface area contributed by atoms with E-state index >= 15 is 0 Å². The van der Waals surface area contributed by atoms with Gasteiger partial charge in [0.25, 0.3) is 5.89 Å². The predicted molar refractivity (Wildman–Crippen MR) is 53.9 cm³/mol. The number of nitrogens with zero attached hydrogens (tertiary/aromatic N) is 1. The van der Waals surface area contributed by atoms with Gasteiger partial charge in [-0.25, -0.2) is 4.98 Å². The summed E-state index contributed by atoms with van der Waals surface area (Å²) >= 11 is 0. The molecule has 0 unspecified atom stereocenters. The SMILES string of the molecule is COc1ccc(-c2cnc(C=O)o2)cc1. The number of benzene rings is 1. The highest BCUT2D eigenvalue weighted by atomic mass is 16.5. The van der Waals surface area contributed by atoms with E-state index in [0.29, 0.717) is 12.0 Å². The van der Waals surface area contributed by atoms with Crippen molar-refractivity contribution in [3.63, 3.8) is 0 Å². The molecule has 0 aliphatic heterocycles. The number of carbonyl (C=O) groups excluding carboxylic acids is 1. The largest absolute Gasteiger partial charge is 0.497 e. The lowest BCUT2D eigenvalue weighted by atomic mass is 10.2. The number of carbonyl (C=O) groups is 1. The molecule has 2 rings (SSSR count). The number of methoxy groups -OCH3 is 1. The number of rotatable bonds is 3. The van der Waals surface area contributed by atoms with Gasteiger partial charge in [-0.1, -0.05) is 0 Å². The Morgan fingerprint density at radius 2 is 2.07 bits per heavy atom. The number of hydrogen-bond donors (Lipinski definition) is 0. The lowest BCUT2D eigenvalue weighted by Crippen LogP contribution is -1.81. The Labute approximate surface area is 86.5 Å². The molecule has 4 nitrogen and oxygen atoms in total. The molecule has 0 N–H and O–H groups in total. The number of ether oxygens (including phenoxy) is 1. The lowest BCUT2D eigenvalue weighted by molar-refractivity contribution is 0.109. The van der Waals surface area contributed by atoms with Gasteiger partial charge in [0.05, 0.1) is 13.3 Å². The molecular weight excluding hydrogens is 194 g/mol. The van der Waals surface area contributed by atoms with Crippen molar-refractivity contribution in [3.05, 3.63) is 36.4 Å². The maximum absolute atomic E-state index is 10.4. The molecule has 4 heteroatoms.